The van der Waals surface area contributed by atoms with Crippen molar-refractivity contribution in [3.63, 3.8) is 0 Å². The first-order valence-electron chi connectivity index (χ1n) is 3.41. The van der Waals surface area contributed by atoms with Crippen LogP contribution in [0.5, 0.6) is 0 Å². The second-order valence-corrected chi connectivity index (χ2v) is 2.67. The topological polar surface area (TPSA) is 15.3 Å². The van der Waals surface area contributed by atoms with Crippen LogP contribution < -0.4 is 5.43 Å². The highest BCUT2D eigenvalue weighted by Gasteiger charge is 2.12. The summed E-state index contributed by atoms with van der Waals surface area (Å²) in [6.45, 7) is 7.47. The van der Waals surface area contributed by atoms with Crippen molar-refractivity contribution in [2.24, 2.45) is 0 Å². The molecule has 9 heavy (non-hydrogen) atoms. The first-order valence-corrected chi connectivity index (χ1v) is 3.41. The number of allylic oxidation sites excluding steroid dienone is 1. The predicted octanol–water partition coefficient (Wildman–Crippen LogP) is 1.12. The minimum absolute atomic E-state index is 0.573. The van der Waals surface area contributed by atoms with E-state index in [4.69, 9.17) is 0 Å². The second kappa shape index (κ2) is 2.40. The Morgan fingerprint density at radius 3 is 2.56 bits per heavy atom. The molecule has 1 aliphatic rings. The summed E-state index contributed by atoms with van der Waals surface area (Å²) in [5, 5.41) is 2.18. The Kier molecular flexibility index (Phi) is 1.76. The Hall–Kier alpha value is -0.500. The highest BCUT2D eigenvalue weighted by molar-refractivity contribution is 5.03. The van der Waals surface area contributed by atoms with Gasteiger partial charge >= 0.3 is 0 Å². The van der Waals surface area contributed by atoms with Crippen LogP contribution >= 0.6 is 0 Å². The molecule has 0 aromatic heterocycles. The van der Waals surface area contributed by atoms with E-state index >= 15 is 0 Å². The monoisotopic (exact) mass is 126 g/mol. The number of hydrazine groups is 1. The Balaban J connectivity index is 2.53. The molecule has 0 saturated heterocycles. The quantitative estimate of drug-likeness (QED) is 0.566. The van der Waals surface area contributed by atoms with Gasteiger partial charge in [-0.05, 0) is 26.8 Å². The van der Waals surface area contributed by atoms with E-state index in [2.05, 4.69) is 37.3 Å². The van der Waals surface area contributed by atoms with Crippen LogP contribution in [-0.4, -0.2) is 17.6 Å². The van der Waals surface area contributed by atoms with Crippen LogP contribution in [0, 0.1) is 0 Å². The lowest BCUT2D eigenvalue weighted by Gasteiger charge is -2.24. The third-order valence-electron chi connectivity index (χ3n) is 1.56. The van der Waals surface area contributed by atoms with Gasteiger partial charge < -0.3 is 5.01 Å². The van der Waals surface area contributed by atoms with Gasteiger partial charge in [0.05, 0.1) is 0 Å². The van der Waals surface area contributed by atoms with Gasteiger partial charge in [-0.25, -0.2) is 5.43 Å². The van der Waals surface area contributed by atoms with Gasteiger partial charge in [-0.3, -0.25) is 0 Å². The Morgan fingerprint density at radius 2 is 2.33 bits per heavy atom. The van der Waals surface area contributed by atoms with Gasteiger partial charge in [0.1, 0.15) is 0 Å². The van der Waals surface area contributed by atoms with E-state index in [1.54, 1.807) is 0 Å². The number of rotatable bonds is 1. The van der Waals surface area contributed by atoms with Crippen molar-refractivity contribution >= 4 is 0 Å². The molecule has 0 fully saturated rings. The summed E-state index contributed by atoms with van der Waals surface area (Å²) >= 11 is 0. The van der Waals surface area contributed by atoms with E-state index < -0.39 is 0 Å². The fraction of sp³-hybridized carbons (Fsp3) is 0.714. The number of nitrogens with one attached hydrogen (secondary N) is 1. The van der Waals surface area contributed by atoms with Crippen LogP contribution in [0.2, 0.25) is 0 Å². The molecule has 0 bridgehead atoms. The molecule has 1 N–H and O–H groups in total. The van der Waals surface area contributed by atoms with Crippen LogP contribution in [0.25, 0.3) is 0 Å². The molecule has 0 aliphatic carbocycles. The Bertz CT molecular complexity index is 127. The maximum absolute atomic E-state index is 3.25. The standard InChI is InChI=1S/C7H14N2/c1-6(2)9-7(3)4-5-8-9/h4,6,8H,5H2,1-3H3. The molecule has 0 amide bonds. The molecule has 0 spiro atoms. The van der Waals surface area contributed by atoms with Crippen LogP contribution in [0.3, 0.4) is 0 Å². The summed E-state index contributed by atoms with van der Waals surface area (Å²) in [5.74, 6) is 0. The summed E-state index contributed by atoms with van der Waals surface area (Å²) in [6, 6.07) is 0.573. The zero-order chi connectivity index (χ0) is 6.85. The molecule has 0 aromatic carbocycles. The van der Waals surface area contributed by atoms with Gasteiger partial charge in [-0.15, -0.1) is 0 Å². The van der Waals surface area contributed by atoms with E-state index in [0.29, 0.717) is 6.04 Å². The van der Waals surface area contributed by atoms with E-state index in [1.807, 2.05) is 0 Å². The van der Waals surface area contributed by atoms with Crippen LogP contribution in [0.1, 0.15) is 20.8 Å². The van der Waals surface area contributed by atoms with Gasteiger partial charge in [-0.1, -0.05) is 0 Å². The lowest BCUT2D eigenvalue weighted by Crippen LogP contribution is -2.36. The van der Waals surface area contributed by atoms with Crippen molar-refractivity contribution in [2.75, 3.05) is 6.54 Å². The molecule has 52 valence electrons. The fourth-order valence-corrected chi connectivity index (χ4v) is 1.10. The third-order valence-corrected chi connectivity index (χ3v) is 1.56. The number of hydrogen-bond acceptors (Lipinski definition) is 2. The van der Waals surface area contributed by atoms with Crippen molar-refractivity contribution in [1.29, 1.82) is 0 Å². The molecule has 0 saturated carbocycles. The summed E-state index contributed by atoms with van der Waals surface area (Å²) in [7, 11) is 0. The first kappa shape index (κ1) is 6.62. The van der Waals surface area contributed by atoms with E-state index in [0.717, 1.165) is 6.54 Å². The van der Waals surface area contributed by atoms with E-state index in [-0.39, 0.29) is 0 Å². The SMILES string of the molecule is CC1=CCNN1C(C)C. The molecule has 2 nitrogen and oxygen atoms in total. The van der Waals surface area contributed by atoms with Gasteiger partial charge in [-0.2, -0.15) is 0 Å². The highest BCUT2D eigenvalue weighted by Crippen LogP contribution is 2.08. The third kappa shape index (κ3) is 1.24. The molecule has 0 atom stereocenters. The van der Waals surface area contributed by atoms with Crippen molar-refractivity contribution in [3.05, 3.63) is 11.8 Å². The van der Waals surface area contributed by atoms with E-state index in [9.17, 15) is 0 Å². The number of nitrogens with zero attached hydrogens (tertiary/aromatic N) is 1. The van der Waals surface area contributed by atoms with Crippen molar-refractivity contribution in [2.45, 2.75) is 26.8 Å². The van der Waals surface area contributed by atoms with Gasteiger partial charge in [0.25, 0.3) is 0 Å². The average Bonchev–Trinajstić information content (AvgIpc) is 2.13. The molecule has 1 rings (SSSR count). The van der Waals surface area contributed by atoms with E-state index in [1.165, 1.54) is 5.70 Å². The molecule has 1 heterocycles. The maximum Gasteiger partial charge on any atom is 0.0394 e. The molecule has 0 aromatic rings. The zero-order valence-electron chi connectivity index (χ0n) is 6.31. The number of hydrogen-bond donors (Lipinski definition) is 1. The normalized spacial score (nSPS) is 19.1. The maximum atomic E-state index is 3.25. The van der Waals surface area contributed by atoms with Crippen molar-refractivity contribution in [3.8, 4) is 0 Å². The van der Waals surface area contributed by atoms with Crippen LogP contribution in [0.15, 0.2) is 11.8 Å². The zero-order valence-corrected chi connectivity index (χ0v) is 6.31. The molecular weight excluding hydrogens is 112 g/mol. The summed E-state index contributed by atoms with van der Waals surface area (Å²) in [5.41, 5.74) is 4.58. The lowest BCUT2D eigenvalue weighted by atomic mass is 10.3. The minimum atomic E-state index is 0.573. The van der Waals surface area contributed by atoms with Gasteiger partial charge in [0, 0.05) is 18.3 Å². The summed E-state index contributed by atoms with van der Waals surface area (Å²) < 4.78 is 0. The Labute approximate surface area is 56.5 Å². The minimum Gasteiger partial charge on any atom is -0.310 e. The fourth-order valence-electron chi connectivity index (χ4n) is 1.10. The molecule has 1 aliphatic heterocycles. The largest absolute Gasteiger partial charge is 0.310 e. The van der Waals surface area contributed by atoms with Crippen molar-refractivity contribution in [1.82, 2.24) is 10.4 Å². The van der Waals surface area contributed by atoms with Crippen molar-refractivity contribution < 1.29 is 0 Å². The average molecular weight is 126 g/mol. The van der Waals surface area contributed by atoms with Crippen LogP contribution in [-0.2, 0) is 0 Å². The smallest absolute Gasteiger partial charge is 0.0394 e. The summed E-state index contributed by atoms with van der Waals surface area (Å²) in [6.07, 6.45) is 2.19. The van der Waals surface area contributed by atoms with Crippen LogP contribution in [0.4, 0.5) is 0 Å². The first-order chi connectivity index (χ1) is 4.22. The molecule has 2 heteroatoms. The molecule has 0 radical (unpaired) electrons. The second-order valence-electron chi connectivity index (χ2n) is 2.67. The predicted molar refractivity (Wildman–Crippen MR) is 38.7 cm³/mol. The summed E-state index contributed by atoms with van der Waals surface area (Å²) in [4.78, 5) is 0. The van der Waals surface area contributed by atoms with Gasteiger partial charge in [0.2, 0.25) is 0 Å². The lowest BCUT2D eigenvalue weighted by molar-refractivity contribution is 0.228. The molecule has 0 unspecified atom stereocenters. The molecular formula is C7H14N2. The van der Waals surface area contributed by atoms with Gasteiger partial charge in [0.15, 0.2) is 0 Å². The highest BCUT2D eigenvalue weighted by atomic mass is 15.5. The Morgan fingerprint density at radius 1 is 1.67 bits per heavy atom.